The van der Waals surface area contributed by atoms with Crippen LogP contribution in [0.25, 0.3) is 0 Å². The fraction of sp³-hybridized carbons (Fsp3) is 0.667. The van der Waals surface area contributed by atoms with Crippen molar-refractivity contribution in [2.45, 2.75) is 13.3 Å². The first-order valence-electron chi connectivity index (χ1n) is 1.21. The van der Waals surface area contributed by atoms with Gasteiger partial charge >= 0.3 is 0 Å². The Morgan fingerprint density at radius 2 is 1.14 bits per heavy atom. The van der Waals surface area contributed by atoms with Crippen molar-refractivity contribution in [1.82, 2.24) is 0 Å². The van der Waals surface area contributed by atoms with Gasteiger partial charge in [0.2, 0.25) is 0 Å². The molecule has 0 rings (SSSR count). The Bertz CT molecular complexity index is 10.1. The Labute approximate surface area is 63.2 Å². The van der Waals surface area contributed by atoms with Crippen LogP contribution in [0.3, 0.4) is 0 Å². The largest absolute Gasteiger partial charge is 0.412 e. The first-order valence-corrected chi connectivity index (χ1v) is 1.21. The molecule has 0 atom stereocenters. The number of hydrogen-bond acceptors (Lipinski definition) is 0. The van der Waals surface area contributed by atoms with Crippen LogP contribution in [0.15, 0.2) is 0 Å². The molecule has 3 nitrogen and oxygen atoms in total. The molecule has 0 aliphatic carbocycles. The van der Waals surface area contributed by atoms with Gasteiger partial charge in [0.25, 0.3) is 0 Å². The standard InChI is InChI=1S/C3H7.3H2O.Zr/c1-3-2;;;;/h1,3H2,2H3;3*1H2;/q-1;;;;. The first-order chi connectivity index (χ1) is 1.41. The minimum atomic E-state index is 0. The second-order valence-electron chi connectivity index (χ2n) is 0.500. The molecule has 0 bridgehead atoms. The van der Waals surface area contributed by atoms with Gasteiger partial charge in [-0.2, -0.15) is 6.42 Å². The first kappa shape index (κ1) is 46.5. The summed E-state index contributed by atoms with van der Waals surface area (Å²) in [5, 5.41) is 0. The molecule has 0 saturated heterocycles. The van der Waals surface area contributed by atoms with Crippen LogP contribution in [0.4, 0.5) is 0 Å². The van der Waals surface area contributed by atoms with Gasteiger partial charge in [-0.15, -0.1) is 0 Å². The van der Waals surface area contributed by atoms with E-state index in [1.807, 2.05) is 6.92 Å². The number of rotatable bonds is 0. The normalized spacial score (nSPS) is 2.57. The minimum absolute atomic E-state index is 0. The van der Waals surface area contributed by atoms with E-state index in [4.69, 9.17) is 0 Å². The van der Waals surface area contributed by atoms with Crippen LogP contribution in [-0.2, 0) is 26.2 Å². The van der Waals surface area contributed by atoms with Crippen LogP contribution in [0.1, 0.15) is 13.3 Å². The maximum Gasteiger partial charge on any atom is 0 e. The zero-order chi connectivity index (χ0) is 2.71. The quantitative estimate of drug-likeness (QED) is 0.425. The second kappa shape index (κ2) is 72.3. The Morgan fingerprint density at radius 3 is 1.14 bits per heavy atom. The van der Waals surface area contributed by atoms with E-state index in [0.29, 0.717) is 0 Å². The van der Waals surface area contributed by atoms with Crippen molar-refractivity contribution in [2.24, 2.45) is 0 Å². The van der Waals surface area contributed by atoms with Crippen molar-refractivity contribution in [3.05, 3.63) is 6.92 Å². The van der Waals surface area contributed by atoms with Crippen LogP contribution < -0.4 is 0 Å². The molecule has 6 N–H and O–H groups in total. The van der Waals surface area contributed by atoms with Crippen molar-refractivity contribution < 1.29 is 42.6 Å². The minimum Gasteiger partial charge on any atom is -0.412 e. The Kier molecular flexibility index (Phi) is 480. The molecule has 0 radical (unpaired) electrons. The van der Waals surface area contributed by atoms with Crippen LogP contribution in [0.2, 0.25) is 0 Å². The maximum atomic E-state index is 3.49. The molecule has 4 heteroatoms. The average molecular weight is 188 g/mol. The van der Waals surface area contributed by atoms with Gasteiger partial charge in [-0.1, -0.05) is 6.92 Å². The van der Waals surface area contributed by atoms with Gasteiger partial charge in [-0.3, -0.25) is 0 Å². The molecule has 0 heterocycles. The molecule has 0 aliphatic rings. The molecule has 0 amide bonds. The van der Waals surface area contributed by atoms with Crippen LogP contribution >= 0.6 is 0 Å². The van der Waals surface area contributed by atoms with E-state index in [2.05, 4.69) is 6.92 Å². The summed E-state index contributed by atoms with van der Waals surface area (Å²) in [7, 11) is 0. The van der Waals surface area contributed by atoms with E-state index in [-0.39, 0.29) is 42.6 Å². The fourth-order valence-corrected chi connectivity index (χ4v) is 0. The van der Waals surface area contributed by atoms with E-state index in [1.165, 1.54) is 0 Å². The van der Waals surface area contributed by atoms with Gasteiger partial charge in [0.1, 0.15) is 0 Å². The summed E-state index contributed by atoms with van der Waals surface area (Å²) in [6.45, 7) is 5.50. The summed E-state index contributed by atoms with van der Waals surface area (Å²) in [5.41, 5.74) is 0. The van der Waals surface area contributed by atoms with Gasteiger partial charge in [-0.25, -0.2) is 0 Å². The fourth-order valence-electron chi connectivity index (χ4n) is 0. The predicted molar refractivity (Wildman–Crippen MR) is 26.5 cm³/mol. The molecule has 0 spiro atoms. The van der Waals surface area contributed by atoms with Crippen molar-refractivity contribution >= 4 is 0 Å². The third kappa shape index (κ3) is 263. The van der Waals surface area contributed by atoms with Crippen LogP contribution in [0.5, 0.6) is 0 Å². The molecule has 0 aromatic rings. The maximum absolute atomic E-state index is 3.49. The Balaban J connectivity index is -0.00000000333. The monoisotopic (exact) mass is 187 g/mol. The molecule has 0 aromatic heterocycles. The van der Waals surface area contributed by atoms with Gasteiger partial charge in [-0.05, 0) is 0 Å². The third-order valence-electron chi connectivity index (χ3n) is 0. The summed E-state index contributed by atoms with van der Waals surface area (Å²) in [6, 6.07) is 0. The number of hydrogen-bond donors (Lipinski definition) is 0. The van der Waals surface area contributed by atoms with Crippen molar-refractivity contribution in [1.29, 1.82) is 0 Å². The summed E-state index contributed by atoms with van der Waals surface area (Å²) in [6.07, 6.45) is 1.00. The predicted octanol–water partition coefficient (Wildman–Crippen LogP) is -1.25. The SMILES string of the molecule is O.O.O.[CH2-]CC.[Zr]. The van der Waals surface area contributed by atoms with Gasteiger partial charge in [0.05, 0.1) is 0 Å². The van der Waals surface area contributed by atoms with Gasteiger partial charge < -0.3 is 23.4 Å². The summed E-state index contributed by atoms with van der Waals surface area (Å²) in [5.74, 6) is 0. The van der Waals surface area contributed by atoms with Crippen molar-refractivity contribution in [3.8, 4) is 0 Å². The average Bonchev–Trinajstić information content (AvgIpc) is 0.918. The molecule has 0 unspecified atom stereocenters. The summed E-state index contributed by atoms with van der Waals surface area (Å²) in [4.78, 5) is 0. The summed E-state index contributed by atoms with van der Waals surface area (Å²) >= 11 is 0. The topological polar surface area (TPSA) is 94.5 Å². The van der Waals surface area contributed by atoms with E-state index in [0.717, 1.165) is 6.42 Å². The Morgan fingerprint density at radius 1 is 1.14 bits per heavy atom. The molecular weight excluding hydrogens is 175 g/mol. The van der Waals surface area contributed by atoms with E-state index in [1.54, 1.807) is 0 Å². The molecule has 0 saturated carbocycles. The molecular formula is C3H13O3Zr-. The summed E-state index contributed by atoms with van der Waals surface area (Å²) < 4.78 is 0. The Hall–Kier alpha value is 0.763. The van der Waals surface area contributed by atoms with Crippen molar-refractivity contribution in [2.75, 3.05) is 0 Å². The zero-order valence-electron chi connectivity index (χ0n) is 4.41. The molecule has 0 aromatic carbocycles. The smallest absolute Gasteiger partial charge is 0 e. The van der Waals surface area contributed by atoms with Crippen molar-refractivity contribution in [3.63, 3.8) is 0 Å². The molecule has 0 aliphatic heterocycles. The van der Waals surface area contributed by atoms with Crippen LogP contribution in [0, 0.1) is 6.92 Å². The second-order valence-corrected chi connectivity index (χ2v) is 0.500. The third-order valence-corrected chi connectivity index (χ3v) is 0. The molecule has 7 heavy (non-hydrogen) atoms. The molecule has 0 fully saturated rings. The van der Waals surface area contributed by atoms with Gasteiger partial charge in [0, 0.05) is 26.2 Å². The van der Waals surface area contributed by atoms with Crippen LogP contribution in [-0.4, -0.2) is 16.4 Å². The molecule has 48 valence electrons. The zero-order valence-corrected chi connectivity index (χ0v) is 6.87. The van der Waals surface area contributed by atoms with E-state index >= 15 is 0 Å². The van der Waals surface area contributed by atoms with E-state index in [9.17, 15) is 0 Å². The van der Waals surface area contributed by atoms with E-state index < -0.39 is 0 Å². The van der Waals surface area contributed by atoms with Gasteiger partial charge in [0.15, 0.2) is 0 Å².